The van der Waals surface area contributed by atoms with Gasteiger partial charge in [0, 0.05) is 30.2 Å². The van der Waals surface area contributed by atoms with Crippen molar-refractivity contribution in [3.8, 4) is 0 Å². The number of carbonyl (C=O) groups is 1. The Morgan fingerprint density at radius 2 is 2.08 bits per heavy atom. The van der Waals surface area contributed by atoms with Crippen LogP contribution in [-0.4, -0.2) is 48.6 Å². The molecule has 9 heteroatoms. The molecule has 1 unspecified atom stereocenters. The van der Waals surface area contributed by atoms with Gasteiger partial charge in [0.1, 0.15) is 0 Å². The van der Waals surface area contributed by atoms with E-state index in [1.54, 1.807) is 29.7 Å². The van der Waals surface area contributed by atoms with Crippen molar-refractivity contribution in [2.45, 2.75) is 12.5 Å². The standard InChI is InChI=1S/C17H22N4O2S.2ClH/c18-13-3-4-14(19-11-13)10-17(22)20-12-15(16-2-1-9-24-16)21-5-7-23-8-6-21;;/h1-4,9,11,15H,5-8,10,12,18H2,(H,20,22);2*1H. The van der Waals surface area contributed by atoms with E-state index in [0.717, 1.165) is 32.0 Å². The van der Waals surface area contributed by atoms with Crippen molar-refractivity contribution >= 4 is 47.7 Å². The zero-order valence-electron chi connectivity index (χ0n) is 14.3. The summed E-state index contributed by atoms with van der Waals surface area (Å²) in [5.41, 5.74) is 6.94. The van der Waals surface area contributed by atoms with Gasteiger partial charge in [-0.05, 0) is 23.6 Å². The lowest BCUT2D eigenvalue weighted by atomic mass is 10.1. The number of nitrogens with one attached hydrogen (secondary N) is 1. The molecule has 0 spiro atoms. The zero-order valence-corrected chi connectivity index (χ0v) is 16.7. The van der Waals surface area contributed by atoms with Crippen LogP contribution in [0.4, 0.5) is 5.69 Å². The molecule has 0 aromatic carbocycles. The summed E-state index contributed by atoms with van der Waals surface area (Å²) in [5.74, 6) is -0.0258. The first kappa shape index (κ1) is 22.7. The third-order valence-corrected chi connectivity index (χ3v) is 5.01. The molecule has 1 saturated heterocycles. The number of ether oxygens (including phenoxy) is 1. The van der Waals surface area contributed by atoms with E-state index in [2.05, 4.69) is 26.6 Å². The average Bonchev–Trinajstić information content (AvgIpc) is 3.12. The third kappa shape index (κ3) is 6.41. The van der Waals surface area contributed by atoms with E-state index in [1.165, 1.54) is 4.88 Å². The molecule has 3 N–H and O–H groups in total. The Morgan fingerprint density at radius 1 is 1.31 bits per heavy atom. The fourth-order valence-electron chi connectivity index (χ4n) is 2.76. The molecule has 1 atom stereocenters. The quantitative estimate of drug-likeness (QED) is 0.751. The summed E-state index contributed by atoms with van der Waals surface area (Å²) in [6.45, 7) is 3.85. The van der Waals surface area contributed by atoms with Gasteiger partial charge in [0.25, 0.3) is 0 Å². The molecule has 2 aromatic heterocycles. The average molecular weight is 419 g/mol. The number of nitrogen functional groups attached to an aromatic ring is 1. The highest BCUT2D eigenvalue weighted by atomic mass is 35.5. The maximum absolute atomic E-state index is 12.2. The van der Waals surface area contributed by atoms with Crippen molar-refractivity contribution in [3.05, 3.63) is 46.4 Å². The maximum atomic E-state index is 12.2. The number of thiophene rings is 1. The molecule has 3 rings (SSSR count). The van der Waals surface area contributed by atoms with E-state index in [0.29, 0.717) is 12.2 Å². The lowest BCUT2D eigenvalue weighted by molar-refractivity contribution is -0.120. The molecule has 1 fully saturated rings. The van der Waals surface area contributed by atoms with Crippen LogP contribution in [0.15, 0.2) is 35.8 Å². The molecule has 144 valence electrons. The summed E-state index contributed by atoms with van der Waals surface area (Å²) in [6.07, 6.45) is 1.84. The second-order valence-electron chi connectivity index (χ2n) is 5.74. The molecule has 26 heavy (non-hydrogen) atoms. The zero-order chi connectivity index (χ0) is 16.8. The summed E-state index contributed by atoms with van der Waals surface area (Å²) < 4.78 is 5.44. The van der Waals surface area contributed by atoms with Gasteiger partial charge in [0.2, 0.25) is 5.91 Å². The molecule has 0 saturated carbocycles. The molecule has 3 heterocycles. The Bertz CT molecular complexity index is 649. The number of morpholine rings is 1. The number of carbonyl (C=O) groups excluding carboxylic acids is 1. The number of nitrogens with zero attached hydrogens (tertiary/aromatic N) is 2. The van der Waals surface area contributed by atoms with E-state index < -0.39 is 0 Å². The second-order valence-corrected chi connectivity index (χ2v) is 6.72. The molecule has 1 aliphatic rings. The Hall–Kier alpha value is -1.38. The molecular formula is C17H24Cl2N4O2S. The van der Waals surface area contributed by atoms with Crippen LogP contribution in [0.25, 0.3) is 0 Å². The van der Waals surface area contributed by atoms with Crippen LogP contribution in [0.1, 0.15) is 16.6 Å². The molecular weight excluding hydrogens is 395 g/mol. The van der Waals surface area contributed by atoms with Crippen LogP contribution in [0, 0.1) is 0 Å². The lowest BCUT2D eigenvalue weighted by Crippen LogP contribution is -2.43. The van der Waals surface area contributed by atoms with E-state index >= 15 is 0 Å². The minimum absolute atomic E-state index is 0. The minimum Gasteiger partial charge on any atom is -0.397 e. The molecule has 0 aliphatic carbocycles. The van der Waals surface area contributed by atoms with Gasteiger partial charge >= 0.3 is 0 Å². The fourth-order valence-corrected chi connectivity index (χ4v) is 3.62. The number of aromatic nitrogens is 1. The first-order valence-corrected chi connectivity index (χ1v) is 8.92. The maximum Gasteiger partial charge on any atom is 0.226 e. The van der Waals surface area contributed by atoms with Gasteiger partial charge in [0.05, 0.1) is 37.6 Å². The Labute approximate surface area is 169 Å². The summed E-state index contributed by atoms with van der Waals surface area (Å²) >= 11 is 1.72. The first-order chi connectivity index (χ1) is 11.7. The topological polar surface area (TPSA) is 80.5 Å². The van der Waals surface area contributed by atoms with Crippen LogP contribution in [-0.2, 0) is 16.0 Å². The number of anilines is 1. The number of pyridine rings is 1. The largest absolute Gasteiger partial charge is 0.397 e. The molecule has 0 radical (unpaired) electrons. The summed E-state index contributed by atoms with van der Waals surface area (Å²) in [6, 6.07) is 7.91. The molecule has 1 aliphatic heterocycles. The monoisotopic (exact) mass is 418 g/mol. The highest BCUT2D eigenvalue weighted by Gasteiger charge is 2.23. The molecule has 1 amide bonds. The van der Waals surface area contributed by atoms with Crippen LogP contribution in [0.5, 0.6) is 0 Å². The molecule has 0 bridgehead atoms. The fraction of sp³-hybridized carbons (Fsp3) is 0.412. The van der Waals surface area contributed by atoms with Gasteiger partial charge in [-0.2, -0.15) is 0 Å². The van der Waals surface area contributed by atoms with E-state index in [4.69, 9.17) is 10.5 Å². The molecule has 2 aromatic rings. The molecule has 6 nitrogen and oxygen atoms in total. The van der Waals surface area contributed by atoms with Crippen LogP contribution >= 0.6 is 36.2 Å². The Balaban J connectivity index is 0.00000169. The number of nitrogens with two attached hydrogens (primary N) is 1. The summed E-state index contributed by atoms with van der Waals surface area (Å²) in [7, 11) is 0. The van der Waals surface area contributed by atoms with Gasteiger partial charge in [-0.3, -0.25) is 14.7 Å². The van der Waals surface area contributed by atoms with Gasteiger partial charge < -0.3 is 15.8 Å². The number of hydrogen-bond acceptors (Lipinski definition) is 6. The van der Waals surface area contributed by atoms with Crippen LogP contribution in [0.3, 0.4) is 0 Å². The van der Waals surface area contributed by atoms with Gasteiger partial charge in [-0.25, -0.2) is 0 Å². The smallest absolute Gasteiger partial charge is 0.226 e. The third-order valence-electron chi connectivity index (χ3n) is 4.04. The predicted octanol–water partition coefficient (Wildman–Crippen LogP) is 2.30. The normalized spacial score (nSPS) is 15.4. The number of amides is 1. The van der Waals surface area contributed by atoms with E-state index in [9.17, 15) is 4.79 Å². The van der Waals surface area contributed by atoms with Crippen molar-refractivity contribution in [3.63, 3.8) is 0 Å². The van der Waals surface area contributed by atoms with E-state index in [-0.39, 0.29) is 43.2 Å². The Morgan fingerprint density at radius 3 is 2.69 bits per heavy atom. The van der Waals surface area contributed by atoms with Crippen molar-refractivity contribution in [2.75, 3.05) is 38.6 Å². The summed E-state index contributed by atoms with van der Waals surface area (Å²) in [4.78, 5) is 20.0. The van der Waals surface area contributed by atoms with Crippen molar-refractivity contribution in [1.82, 2.24) is 15.2 Å². The highest BCUT2D eigenvalue weighted by Crippen LogP contribution is 2.25. The number of rotatable bonds is 6. The first-order valence-electron chi connectivity index (χ1n) is 8.04. The van der Waals surface area contributed by atoms with Gasteiger partial charge in [-0.1, -0.05) is 6.07 Å². The van der Waals surface area contributed by atoms with Crippen LogP contribution < -0.4 is 11.1 Å². The second kappa shape index (κ2) is 11.4. The Kier molecular flexibility index (Phi) is 9.90. The van der Waals surface area contributed by atoms with Crippen molar-refractivity contribution in [2.24, 2.45) is 0 Å². The van der Waals surface area contributed by atoms with Gasteiger partial charge in [0.15, 0.2) is 0 Å². The SMILES string of the molecule is Cl.Cl.Nc1ccc(CC(=O)NCC(c2cccs2)N2CCOCC2)nc1. The van der Waals surface area contributed by atoms with Gasteiger partial charge in [-0.15, -0.1) is 36.2 Å². The number of hydrogen-bond donors (Lipinski definition) is 2. The predicted molar refractivity (Wildman–Crippen MR) is 109 cm³/mol. The number of halogens is 2. The van der Waals surface area contributed by atoms with E-state index in [1.807, 2.05) is 6.07 Å². The minimum atomic E-state index is -0.0258. The van der Waals surface area contributed by atoms with Crippen molar-refractivity contribution in [1.29, 1.82) is 0 Å². The lowest BCUT2D eigenvalue weighted by Gasteiger charge is -2.34. The summed E-state index contributed by atoms with van der Waals surface area (Å²) in [5, 5.41) is 5.12. The van der Waals surface area contributed by atoms with Crippen molar-refractivity contribution < 1.29 is 9.53 Å². The van der Waals surface area contributed by atoms with Crippen LogP contribution in [0.2, 0.25) is 0 Å². The highest BCUT2D eigenvalue weighted by molar-refractivity contribution is 7.10.